The lowest BCUT2D eigenvalue weighted by atomic mass is 10.0. The van der Waals surface area contributed by atoms with Gasteiger partial charge in [0.05, 0.1) is 14.1 Å². The van der Waals surface area contributed by atoms with Crippen LogP contribution in [0.15, 0.2) is 0 Å². The summed E-state index contributed by atoms with van der Waals surface area (Å²) in [4.78, 5) is 22.9. The molecular formula is C20H46NO5P. The van der Waals surface area contributed by atoms with Crippen LogP contribution in [-0.4, -0.2) is 39.8 Å². The Balaban J connectivity index is 0. The molecule has 7 heteroatoms. The Kier molecular flexibility index (Phi) is 19.6. The van der Waals surface area contributed by atoms with E-state index >= 15 is 0 Å². The fraction of sp³-hybridized carbons (Fsp3) is 1.00. The molecule has 0 aliphatic rings. The quantitative estimate of drug-likeness (QED) is 0.141. The van der Waals surface area contributed by atoms with Crippen molar-refractivity contribution in [2.45, 2.75) is 116 Å². The van der Waals surface area contributed by atoms with Gasteiger partial charge in [0.25, 0.3) is 7.82 Å². The molecule has 166 valence electrons. The molecule has 0 rings (SSSR count). The van der Waals surface area contributed by atoms with Gasteiger partial charge in [-0.1, -0.05) is 90.4 Å². The molecule has 3 N–H and O–H groups in total. The molecule has 0 amide bonds. The SMILES string of the molecule is CCCCCCCCCCCCCCCCC(C)[N+](C)(C)O.O=P([O-])(O)O. The molecule has 0 aromatic carbocycles. The lowest BCUT2D eigenvalue weighted by Crippen LogP contribution is -2.43. The fourth-order valence-corrected chi connectivity index (χ4v) is 2.95. The second-order valence-corrected chi connectivity index (χ2v) is 9.18. The molecule has 27 heavy (non-hydrogen) atoms. The summed E-state index contributed by atoms with van der Waals surface area (Å²) in [6.07, 6.45) is 20.9. The number of unbranched alkanes of at least 4 members (excludes halogenated alkanes) is 13. The van der Waals surface area contributed by atoms with Gasteiger partial charge in [-0.2, -0.15) is 4.65 Å². The smallest absolute Gasteiger partial charge is 0.262 e. The highest BCUT2D eigenvalue weighted by atomic mass is 31.2. The molecule has 1 unspecified atom stereocenters. The van der Waals surface area contributed by atoms with E-state index in [2.05, 4.69) is 13.8 Å². The zero-order chi connectivity index (χ0) is 21.2. The molecule has 0 heterocycles. The Bertz CT molecular complexity index is 347. The second-order valence-electron chi connectivity index (χ2n) is 8.20. The van der Waals surface area contributed by atoms with Gasteiger partial charge in [-0.25, -0.2) is 5.21 Å². The highest BCUT2D eigenvalue weighted by molar-refractivity contribution is 7.43. The highest BCUT2D eigenvalue weighted by Crippen LogP contribution is 2.19. The number of rotatable bonds is 16. The molecule has 0 radical (unpaired) electrons. The zero-order valence-corrected chi connectivity index (χ0v) is 19.1. The minimum absolute atomic E-state index is 0.110. The maximum Gasteiger partial charge on any atom is 0.262 e. The van der Waals surface area contributed by atoms with Crippen molar-refractivity contribution in [3.05, 3.63) is 0 Å². The van der Waals surface area contributed by atoms with Gasteiger partial charge >= 0.3 is 0 Å². The first-order valence-electron chi connectivity index (χ1n) is 10.8. The summed E-state index contributed by atoms with van der Waals surface area (Å²) < 4.78 is 8.88. The molecule has 0 aliphatic heterocycles. The van der Waals surface area contributed by atoms with E-state index in [9.17, 15) is 5.21 Å². The molecule has 0 aromatic heterocycles. The van der Waals surface area contributed by atoms with E-state index in [4.69, 9.17) is 19.2 Å². The standard InChI is InChI=1S/C20H44NO.H3O4P/c1-5-6-7-8-9-10-11-12-13-14-15-16-17-18-19-20(2)21(3,4)22;1-5(2,3)4/h20,22H,5-19H2,1-4H3;(H3,1,2,3,4)/q+1;/p-1. The van der Waals surface area contributed by atoms with Crippen LogP contribution in [0.3, 0.4) is 0 Å². The molecule has 0 spiro atoms. The Morgan fingerprint density at radius 2 is 1.04 bits per heavy atom. The number of hydrogen-bond acceptors (Lipinski definition) is 3. The van der Waals surface area contributed by atoms with Gasteiger partial charge in [-0.05, 0) is 13.3 Å². The summed E-state index contributed by atoms with van der Waals surface area (Å²) in [5.41, 5.74) is 0. The monoisotopic (exact) mass is 411 g/mol. The molecule has 6 nitrogen and oxygen atoms in total. The van der Waals surface area contributed by atoms with Gasteiger partial charge in [0, 0.05) is 6.42 Å². The Morgan fingerprint density at radius 1 is 0.778 bits per heavy atom. The minimum atomic E-state index is -4.89. The highest BCUT2D eigenvalue weighted by Gasteiger charge is 2.20. The van der Waals surface area contributed by atoms with Crippen LogP contribution in [0.5, 0.6) is 0 Å². The van der Waals surface area contributed by atoms with E-state index in [0.717, 1.165) is 6.42 Å². The summed E-state index contributed by atoms with van der Waals surface area (Å²) >= 11 is 0. The number of nitrogens with zero attached hydrogens (tertiary/aromatic N) is 1. The van der Waals surface area contributed by atoms with Crippen molar-refractivity contribution >= 4 is 7.82 Å². The normalized spacial score (nSPS) is 13.2. The van der Waals surface area contributed by atoms with Gasteiger partial charge in [-0.15, -0.1) is 0 Å². The topological polar surface area (TPSA) is 101 Å². The molecule has 0 saturated carbocycles. The van der Waals surface area contributed by atoms with Crippen molar-refractivity contribution in [1.82, 2.24) is 0 Å². The van der Waals surface area contributed by atoms with E-state index in [-0.39, 0.29) is 4.65 Å². The van der Waals surface area contributed by atoms with E-state index in [1.807, 2.05) is 14.1 Å². The van der Waals surface area contributed by atoms with Crippen LogP contribution in [0.25, 0.3) is 0 Å². The number of quaternary nitrogens is 1. The Labute approximate surface area is 167 Å². The fourth-order valence-electron chi connectivity index (χ4n) is 2.95. The zero-order valence-electron chi connectivity index (χ0n) is 18.2. The maximum atomic E-state index is 9.83. The summed E-state index contributed by atoms with van der Waals surface area (Å²) in [7, 11) is -1.15. The third kappa shape index (κ3) is 31.0. The van der Waals surface area contributed by atoms with Crippen LogP contribution >= 0.6 is 7.82 Å². The third-order valence-corrected chi connectivity index (χ3v) is 5.05. The predicted molar refractivity (Wildman–Crippen MR) is 110 cm³/mol. The average molecular weight is 412 g/mol. The van der Waals surface area contributed by atoms with Gasteiger partial charge in [0.1, 0.15) is 6.04 Å². The van der Waals surface area contributed by atoms with E-state index in [0.29, 0.717) is 6.04 Å². The molecule has 0 saturated heterocycles. The molecule has 0 aliphatic carbocycles. The lowest BCUT2D eigenvalue weighted by molar-refractivity contribution is -1.09. The van der Waals surface area contributed by atoms with Crippen LogP contribution in [-0.2, 0) is 4.57 Å². The van der Waals surface area contributed by atoms with Crippen molar-refractivity contribution in [2.24, 2.45) is 0 Å². The number of phosphoric acid groups is 1. The number of hydroxylamine groups is 3. The second kappa shape index (κ2) is 18.1. The van der Waals surface area contributed by atoms with Crippen molar-refractivity contribution in [1.29, 1.82) is 0 Å². The van der Waals surface area contributed by atoms with Crippen LogP contribution in [0.4, 0.5) is 0 Å². The van der Waals surface area contributed by atoms with Crippen LogP contribution in [0.2, 0.25) is 0 Å². The van der Waals surface area contributed by atoms with Crippen molar-refractivity contribution in [2.75, 3.05) is 14.1 Å². The van der Waals surface area contributed by atoms with Crippen molar-refractivity contribution in [3.8, 4) is 0 Å². The average Bonchev–Trinajstić information content (AvgIpc) is 2.52. The molecular weight excluding hydrogens is 365 g/mol. The summed E-state index contributed by atoms with van der Waals surface area (Å²) in [5, 5.41) is 9.83. The third-order valence-electron chi connectivity index (χ3n) is 5.05. The lowest BCUT2D eigenvalue weighted by Gasteiger charge is -2.27. The van der Waals surface area contributed by atoms with Gasteiger partial charge < -0.3 is 14.7 Å². The first-order valence-corrected chi connectivity index (χ1v) is 12.3. The first-order chi connectivity index (χ1) is 12.5. The van der Waals surface area contributed by atoms with E-state index in [1.54, 1.807) is 0 Å². The van der Waals surface area contributed by atoms with Gasteiger partial charge in [0.15, 0.2) is 0 Å². The van der Waals surface area contributed by atoms with Gasteiger partial charge in [-0.3, -0.25) is 4.57 Å². The van der Waals surface area contributed by atoms with Crippen molar-refractivity contribution < 1.29 is 29.1 Å². The minimum Gasteiger partial charge on any atom is -0.756 e. The Morgan fingerprint density at radius 3 is 1.30 bits per heavy atom. The predicted octanol–water partition coefficient (Wildman–Crippen LogP) is 5.15. The first kappa shape index (κ1) is 29.2. The molecule has 0 aromatic rings. The van der Waals surface area contributed by atoms with E-state index < -0.39 is 7.82 Å². The molecule has 0 fully saturated rings. The largest absolute Gasteiger partial charge is 0.756 e. The van der Waals surface area contributed by atoms with E-state index in [1.165, 1.54) is 89.9 Å². The van der Waals surface area contributed by atoms with Crippen molar-refractivity contribution in [3.63, 3.8) is 0 Å². The maximum absolute atomic E-state index is 9.83. The molecule has 1 atom stereocenters. The Hall–Kier alpha value is 0.0300. The summed E-state index contributed by atoms with van der Waals surface area (Å²) in [5.74, 6) is 0. The summed E-state index contributed by atoms with van der Waals surface area (Å²) in [6.45, 7) is 4.43. The van der Waals surface area contributed by atoms with Crippen LogP contribution < -0.4 is 4.89 Å². The van der Waals surface area contributed by atoms with Crippen LogP contribution in [0.1, 0.15) is 110 Å². The van der Waals surface area contributed by atoms with Crippen LogP contribution in [0, 0.1) is 0 Å². The summed E-state index contributed by atoms with van der Waals surface area (Å²) in [6, 6.07) is 0.359. The molecule has 0 bridgehead atoms. The van der Waals surface area contributed by atoms with Gasteiger partial charge in [0.2, 0.25) is 0 Å². The number of hydrogen-bond donors (Lipinski definition) is 3.